The molecular weight excluding hydrogens is 238 g/mol. The van der Waals surface area contributed by atoms with Gasteiger partial charge in [-0.25, -0.2) is 4.68 Å². The fraction of sp³-hybridized carbons (Fsp3) is 0.636. The van der Waals surface area contributed by atoms with Crippen molar-refractivity contribution >= 4 is 5.91 Å². The Labute approximate surface area is 105 Å². The number of amides is 1. The van der Waals surface area contributed by atoms with Crippen LogP contribution in [-0.2, 0) is 16.0 Å². The maximum absolute atomic E-state index is 12.0. The third kappa shape index (κ3) is 2.62. The van der Waals surface area contributed by atoms with E-state index in [1.165, 1.54) is 20.4 Å². The maximum atomic E-state index is 12.0. The molecule has 1 aromatic rings. The summed E-state index contributed by atoms with van der Waals surface area (Å²) in [4.78, 5) is 12.0. The van der Waals surface area contributed by atoms with Gasteiger partial charge >= 0.3 is 0 Å². The summed E-state index contributed by atoms with van der Waals surface area (Å²) in [5, 5.41) is 6.83. The molecule has 0 aromatic carbocycles. The topological polar surface area (TPSA) is 74.6 Å². The van der Waals surface area contributed by atoms with Crippen LogP contribution in [-0.4, -0.2) is 49.3 Å². The molecule has 1 aliphatic heterocycles. The molecule has 100 valence electrons. The second-order valence-electron chi connectivity index (χ2n) is 3.90. The van der Waals surface area contributed by atoms with Crippen molar-refractivity contribution in [2.45, 2.75) is 19.3 Å². The summed E-state index contributed by atoms with van der Waals surface area (Å²) in [6.07, 6.45) is 1.97. The molecule has 0 saturated carbocycles. The van der Waals surface area contributed by atoms with Gasteiger partial charge in [0.05, 0.1) is 19.3 Å². The number of ether oxygens (including phenoxy) is 3. The van der Waals surface area contributed by atoms with Gasteiger partial charge in [-0.05, 0) is 0 Å². The number of methoxy groups -OCH3 is 2. The number of carbonyl (C=O) groups excluding carboxylic acids is 1. The Morgan fingerprint density at radius 2 is 2.39 bits per heavy atom. The fourth-order valence-corrected chi connectivity index (χ4v) is 1.76. The molecule has 7 nitrogen and oxygen atoms in total. The van der Waals surface area contributed by atoms with Gasteiger partial charge in [-0.1, -0.05) is 0 Å². The van der Waals surface area contributed by atoms with Crippen LogP contribution in [0, 0.1) is 0 Å². The largest absolute Gasteiger partial charge is 0.477 e. The first-order valence-corrected chi connectivity index (χ1v) is 5.78. The number of aromatic nitrogens is 2. The maximum Gasteiger partial charge on any atom is 0.258 e. The number of carbonyl (C=O) groups is 1. The minimum absolute atomic E-state index is 0.239. The smallest absolute Gasteiger partial charge is 0.258 e. The molecule has 0 spiro atoms. The number of rotatable bonds is 5. The molecule has 2 rings (SSSR count). The highest BCUT2D eigenvalue weighted by atomic mass is 16.7. The number of aryl methyl sites for hydroxylation is 1. The molecule has 0 aliphatic carbocycles. The lowest BCUT2D eigenvalue weighted by atomic mass is 10.3. The molecule has 0 saturated heterocycles. The first kappa shape index (κ1) is 12.8. The van der Waals surface area contributed by atoms with Crippen LogP contribution >= 0.6 is 0 Å². The van der Waals surface area contributed by atoms with Crippen molar-refractivity contribution in [2.75, 3.05) is 27.4 Å². The average molecular weight is 255 g/mol. The summed E-state index contributed by atoms with van der Waals surface area (Å²) in [5.74, 6) is 0.294. The van der Waals surface area contributed by atoms with E-state index >= 15 is 0 Å². The van der Waals surface area contributed by atoms with E-state index in [0.717, 1.165) is 13.0 Å². The average Bonchev–Trinajstić information content (AvgIpc) is 2.83. The lowest BCUT2D eigenvalue weighted by molar-refractivity contribution is -0.0974. The molecule has 1 aliphatic rings. The minimum atomic E-state index is -0.457. The normalized spacial score (nSPS) is 14.2. The van der Waals surface area contributed by atoms with E-state index in [-0.39, 0.29) is 12.5 Å². The van der Waals surface area contributed by atoms with Crippen LogP contribution in [0.4, 0.5) is 0 Å². The zero-order chi connectivity index (χ0) is 13.0. The molecule has 2 heterocycles. The second-order valence-corrected chi connectivity index (χ2v) is 3.90. The van der Waals surface area contributed by atoms with Gasteiger partial charge < -0.3 is 19.5 Å². The molecule has 0 atom stereocenters. The van der Waals surface area contributed by atoms with E-state index in [1.807, 2.05) is 0 Å². The van der Waals surface area contributed by atoms with Gasteiger partial charge in [-0.15, -0.1) is 0 Å². The summed E-state index contributed by atoms with van der Waals surface area (Å²) in [7, 11) is 3.04. The van der Waals surface area contributed by atoms with E-state index < -0.39 is 6.29 Å². The van der Waals surface area contributed by atoms with Crippen LogP contribution in [0.15, 0.2) is 6.20 Å². The fourth-order valence-electron chi connectivity index (χ4n) is 1.76. The van der Waals surface area contributed by atoms with E-state index in [9.17, 15) is 4.79 Å². The minimum Gasteiger partial charge on any atom is -0.477 e. The quantitative estimate of drug-likeness (QED) is 0.750. The SMILES string of the molecule is COC(CNC(=O)c1cnn2c1OCCC2)OC. The van der Waals surface area contributed by atoms with E-state index in [2.05, 4.69) is 10.4 Å². The van der Waals surface area contributed by atoms with Crippen molar-refractivity contribution in [3.8, 4) is 5.88 Å². The summed E-state index contributed by atoms with van der Waals surface area (Å²) in [6, 6.07) is 0. The van der Waals surface area contributed by atoms with Crippen LogP contribution in [0.1, 0.15) is 16.8 Å². The summed E-state index contributed by atoms with van der Waals surface area (Å²) < 4.78 is 17.1. The highest BCUT2D eigenvalue weighted by molar-refractivity contribution is 5.96. The highest BCUT2D eigenvalue weighted by Gasteiger charge is 2.21. The third-order valence-corrected chi connectivity index (χ3v) is 2.74. The van der Waals surface area contributed by atoms with E-state index in [0.29, 0.717) is 18.1 Å². The van der Waals surface area contributed by atoms with Crippen molar-refractivity contribution in [3.63, 3.8) is 0 Å². The van der Waals surface area contributed by atoms with Crippen LogP contribution in [0.2, 0.25) is 0 Å². The van der Waals surface area contributed by atoms with Crippen LogP contribution < -0.4 is 10.1 Å². The summed E-state index contributed by atoms with van der Waals surface area (Å²) >= 11 is 0. The first-order chi connectivity index (χ1) is 8.76. The highest BCUT2D eigenvalue weighted by Crippen LogP contribution is 2.21. The van der Waals surface area contributed by atoms with Gasteiger partial charge in [0.25, 0.3) is 5.91 Å². The Hall–Kier alpha value is -1.60. The van der Waals surface area contributed by atoms with Crippen molar-refractivity contribution in [3.05, 3.63) is 11.8 Å². The number of nitrogens with zero attached hydrogens (tertiary/aromatic N) is 2. The Morgan fingerprint density at radius 1 is 1.61 bits per heavy atom. The Balaban J connectivity index is 1.99. The van der Waals surface area contributed by atoms with Gasteiger partial charge in [0.2, 0.25) is 5.88 Å². The second kappa shape index (κ2) is 5.83. The lowest BCUT2D eigenvalue weighted by Gasteiger charge is -2.17. The van der Waals surface area contributed by atoms with Crippen LogP contribution in [0.5, 0.6) is 5.88 Å². The molecular formula is C11H17N3O4. The van der Waals surface area contributed by atoms with Crippen LogP contribution in [0.3, 0.4) is 0 Å². The number of hydrogen-bond donors (Lipinski definition) is 1. The Bertz CT molecular complexity index is 414. The monoisotopic (exact) mass is 255 g/mol. The van der Waals surface area contributed by atoms with E-state index in [4.69, 9.17) is 14.2 Å². The predicted molar refractivity (Wildman–Crippen MR) is 62.5 cm³/mol. The number of nitrogens with one attached hydrogen (secondary N) is 1. The molecule has 18 heavy (non-hydrogen) atoms. The first-order valence-electron chi connectivity index (χ1n) is 5.78. The van der Waals surface area contributed by atoms with Crippen molar-refractivity contribution in [2.24, 2.45) is 0 Å². The zero-order valence-electron chi connectivity index (χ0n) is 10.5. The third-order valence-electron chi connectivity index (χ3n) is 2.74. The Kier molecular flexibility index (Phi) is 4.16. The molecule has 0 bridgehead atoms. The van der Waals surface area contributed by atoms with Gasteiger partial charge in [0, 0.05) is 27.2 Å². The standard InChI is InChI=1S/C11H17N3O4/c1-16-9(17-2)7-12-10(15)8-6-13-14-4-3-5-18-11(8)14/h6,9H,3-5,7H2,1-2H3,(H,12,15). The molecule has 0 unspecified atom stereocenters. The molecule has 0 fully saturated rings. The number of fused-ring (bicyclic) bond motifs is 1. The molecule has 0 radical (unpaired) electrons. The van der Waals surface area contributed by atoms with Crippen molar-refractivity contribution < 1.29 is 19.0 Å². The van der Waals surface area contributed by atoms with Gasteiger partial charge in [0.1, 0.15) is 5.56 Å². The molecule has 1 N–H and O–H groups in total. The number of hydrogen-bond acceptors (Lipinski definition) is 5. The molecule has 1 amide bonds. The zero-order valence-corrected chi connectivity index (χ0v) is 10.5. The predicted octanol–water partition coefficient (Wildman–Crippen LogP) is 0.0143. The van der Waals surface area contributed by atoms with Crippen molar-refractivity contribution in [1.82, 2.24) is 15.1 Å². The summed E-state index contributed by atoms with van der Waals surface area (Å²) in [6.45, 7) is 1.67. The Morgan fingerprint density at radius 3 is 3.11 bits per heavy atom. The van der Waals surface area contributed by atoms with Gasteiger partial charge in [-0.2, -0.15) is 5.10 Å². The van der Waals surface area contributed by atoms with Crippen LogP contribution in [0.25, 0.3) is 0 Å². The summed E-state index contributed by atoms with van der Waals surface area (Å²) in [5.41, 5.74) is 0.445. The molecule has 7 heteroatoms. The lowest BCUT2D eigenvalue weighted by Crippen LogP contribution is -2.34. The van der Waals surface area contributed by atoms with E-state index in [1.54, 1.807) is 4.68 Å². The van der Waals surface area contributed by atoms with Gasteiger partial charge in [0.15, 0.2) is 6.29 Å². The van der Waals surface area contributed by atoms with Crippen molar-refractivity contribution in [1.29, 1.82) is 0 Å². The van der Waals surface area contributed by atoms with Gasteiger partial charge in [-0.3, -0.25) is 4.79 Å². The molecule has 1 aromatic heterocycles.